The summed E-state index contributed by atoms with van der Waals surface area (Å²) in [5.74, 6) is 1.27. The summed E-state index contributed by atoms with van der Waals surface area (Å²) in [5.41, 5.74) is 5.37. The summed E-state index contributed by atoms with van der Waals surface area (Å²) in [7, 11) is 0. The SMILES string of the molecule is CC(C)(C)OC(=O)N1CC([C@H]2C[C@@H]2N)C1. The van der Waals surface area contributed by atoms with Crippen LogP contribution in [0.1, 0.15) is 27.2 Å². The Hall–Kier alpha value is -0.770. The average molecular weight is 212 g/mol. The van der Waals surface area contributed by atoms with Gasteiger partial charge < -0.3 is 15.4 Å². The highest BCUT2D eigenvalue weighted by atomic mass is 16.6. The Morgan fingerprint density at radius 1 is 1.40 bits per heavy atom. The number of hydrogen-bond donors (Lipinski definition) is 1. The van der Waals surface area contributed by atoms with Crippen LogP contribution in [0.2, 0.25) is 0 Å². The Kier molecular flexibility index (Phi) is 2.41. The molecule has 1 saturated heterocycles. The van der Waals surface area contributed by atoms with E-state index in [1.807, 2.05) is 20.8 Å². The van der Waals surface area contributed by atoms with E-state index in [9.17, 15) is 4.79 Å². The number of carbonyl (C=O) groups excluding carboxylic acids is 1. The highest BCUT2D eigenvalue weighted by Gasteiger charge is 2.47. The normalized spacial score (nSPS) is 31.1. The maximum atomic E-state index is 11.6. The van der Waals surface area contributed by atoms with Gasteiger partial charge in [0, 0.05) is 19.1 Å². The zero-order valence-corrected chi connectivity index (χ0v) is 9.69. The fourth-order valence-corrected chi connectivity index (χ4v) is 2.04. The smallest absolute Gasteiger partial charge is 0.410 e. The molecule has 4 nitrogen and oxygen atoms in total. The van der Waals surface area contributed by atoms with Gasteiger partial charge in [-0.25, -0.2) is 4.79 Å². The summed E-state index contributed by atoms with van der Waals surface area (Å²) in [6, 6.07) is 0.385. The number of likely N-dealkylation sites (tertiary alicyclic amines) is 1. The van der Waals surface area contributed by atoms with Crippen LogP contribution in [-0.2, 0) is 4.74 Å². The first-order valence-electron chi connectivity index (χ1n) is 5.60. The second-order valence-corrected chi connectivity index (χ2v) is 5.71. The van der Waals surface area contributed by atoms with Crippen molar-refractivity contribution in [3.63, 3.8) is 0 Å². The van der Waals surface area contributed by atoms with E-state index in [1.165, 1.54) is 0 Å². The number of hydrogen-bond acceptors (Lipinski definition) is 3. The molecular weight excluding hydrogens is 192 g/mol. The van der Waals surface area contributed by atoms with E-state index in [-0.39, 0.29) is 6.09 Å². The van der Waals surface area contributed by atoms with Crippen LogP contribution >= 0.6 is 0 Å². The predicted octanol–water partition coefficient (Wildman–Crippen LogP) is 1.20. The van der Waals surface area contributed by atoms with Crippen molar-refractivity contribution >= 4 is 6.09 Å². The summed E-state index contributed by atoms with van der Waals surface area (Å²) < 4.78 is 5.27. The van der Waals surface area contributed by atoms with Crippen LogP contribution in [0, 0.1) is 11.8 Å². The molecule has 2 atom stereocenters. The van der Waals surface area contributed by atoms with Crippen LogP contribution in [0.5, 0.6) is 0 Å². The quantitative estimate of drug-likeness (QED) is 0.710. The van der Waals surface area contributed by atoms with Crippen molar-refractivity contribution in [2.75, 3.05) is 13.1 Å². The molecule has 2 N–H and O–H groups in total. The molecule has 1 saturated carbocycles. The van der Waals surface area contributed by atoms with E-state index in [0.717, 1.165) is 19.5 Å². The van der Waals surface area contributed by atoms with Crippen molar-refractivity contribution in [3.05, 3.63) is 0 Å². The molecule has 2 fully saturated rings. The van der Waals surface area contributed by atoms with Crippen molar-refractivity contribution < 1.29 is 9.53 Å². The first-order valence-corrected chi connectivity index (χ1v) is 5.60. The lowest BCUT2D eigenvalue weighted by Gasteiger charge is -2.40. The van der Waals surface area contributed by atoms with E-state index in [2.05, 4.69) is 0 Å². The van der Waals surface area contributed by atoms with Gasteiger partial charge in [0.05, 0.1) is 0 Å². The highest BCUT2D eigenvalue weighted by molar-refractivity contribution is 5.69. The molecule has 1 heterocycles. The number of nitrogens with two attached hydrogens (primary N) is 1. The van der Waals surface area contributed by atoms with Crippen molar-refractivity contribution in [3.8, 4) is 0 Å². The van der Waals surface area contributed by atoms with Crippen LogP contribution in [0.3, 0.4) is 0 Å². The Morgan fingerprint density at radius 3 is 2.33 bits per heavy atom. The maximum absolute atomic E-state index is 11.6. The summed E-state index contributed by atoms with van der Waals surface area (Å²) in [6.45, 7) is 7.32. The minimum atomic E-state index is -0.391. The fraction of sp³-hybridized carbons (Fsp3) is 0.909. The van der Waals surface area contributed by atoms with Gasteiger partial charge in [-0.15, -0.1) is 0 Å². The molecule has 1 aliphatic heterocycles. The molecule has 0 bridgehead atoms. The summed E-state index contributed by atoms with van der Waals surface area (Å²) in [4.78, 5) is 13.3. The minimum absolute atomic E-state index is 0.187. The van der Waals surface area contributed by atoms with Gasteiger partial charge in [-0.05, 0) is 39.0 Å². The first-order chi connectivity index (χ1) is 6.87. The van der Waals surface area contributed by atoms with Crippen LogP contribution in [0.4, 0.5) is 4.79 Å². The van der Waals surface area contributed by atoms with Gasteiger partial charge in [0.2, 0.25) is 0 Å². The monoisotopic (exact) mass is 212 g/mol. The van der Waals surface area contributed by atoms with Gasteiger partial charge >= 0.3 is 6.09 Å². The molecule has 0 aromatic rings. The fourth-order valence-electron chi connectivity index (χ4n) is 2.04. The standard InChI is InChI=1S/C11H20N2O2/c1-11(2,3)15-10(14)13-5-7(6-13)8-4-9(8)12/h7-9H,4-6,12H2,1-3H3/t8-,9+/m1/s1. The molecule has 2 rings (SSSR count). The van der Waals surface area contributed by atoms with E-state index >= 15 is 0 Å². The van der Waals surface area contributed by atoms with Gasteiger partial charge in [0.25, 0.3) is 0 Å². The van der Waals surface area contributed by atoms with Crippen molar-refractivity contribution in [1.82, 2.24) is 4.90 Å². The third-order valence-corrected chi connectivity index (χ3v) is 3.06. The molecule has 4 heteroatoms. The van der Waals surface area contributed by atoms with Crippen LogP contribution < -0.4 is 5.73 Å². The lowest BCUT2D eigenvalue weighted by atomic mass is 9.95. The molecular formula is C11H20N2O2. The molecule has 0 spiro atoms. The van der Waals surface area contributed by atoms with Gasteiger partial charge in [-0.2, -0.15) is 0 Å². The van der Waals surface area contributed by atoms with Crippen molar-refractivity contribution in [2.45, 2.75) is 38.8 Å². The maximum Gasteiger partial charge on any atom is 0.410 e. The van der Waals surface area contributed by atoms with E-state index < -0.39 is 5.60 Å². The summed E-state index contributed by atoms with van der Waals surface area (Å²) in [5, 5.41) is 0. The van der Waals surface area contributed by atoms with Crippen LogP contribution in [-0.4, -0.2) is 35.7 Å². The van der Waals surface area contributed by atoms with Gasteiger partial charge in [0.1, 0.15) is 5.60 Å². The van der Waals surface area contributed by atoms with Gasteiger partial charge in [0.15, 0.2) is 0 Å². The van der Waals surface area contributed by atoms with E-state index in [0.29, 0.717) is 17.9 Å². The topological polar surface area (TPSA) is 55.6 Å². The Morgan fingerprint density at radius 2 is 1.93 bits per heavy atom. The Labute approximate surface area is 90.8 Å². The molecule has 0 aromatic carbocycles. The van der Waals surface area contributed by atoms with E-state index in [4.69, 9.17) is 10.5 Å². The highest BCUT2D eigenvalue weighted by Crippen LogP contribution is 2.40. The summed E-state index contributed by atoms with van der Waals surface area (Å²) in [6.07, 6.45) is 0.945. The summed E-state index contributed by atoms with van der Waals surface area (Å²) >= 11 is 0. The second kappa shape index (κ2) is 3.37. The number of rotatable bonds is 1. The minimum Gasteiger partial charge on any atom is -0.444 e. The molecule has 0 radical (unpaired) electrons. The molecule has 86 valence electrons. The largest absolute Gasteiger partial charge is 0.444 e. The van der Waals surface area contributed by atoms with Crippen LogP contribution in [0.25, 0.3) is 0 Å². The molecule has 0 aromatic heterocycles. The lowest BCUT2D eigenvalue weighted by molar-refractivity contribution is -0.00443. The van der Waals surface area contributed by atoms with Crippen molar-refractivity contribution in [1.29, 1.82) is 0 Å². The zero-order valence-electron chi connectivity index (χ0n) is 9.69. The number of nitrogens with zero attached hydrogens (tertiary/aromatic N) is 1. The van der Waals surface area contributed by atoms with E-state index in [1.54, 1.807) is 4.90 Å². The number of amides is 1. The van der Waals surface area contributed by atoms with Gasteiger partial charge in [-0.1, -0.05) is 0 Å². The molecule has 15 heavy (non-hydrogen) atoms. The zero-order chi connectivity index (χ0) is 11.2. The van der Waals surface area contributed by atoms with Crippen molar-refractivity contribution in [2.24, 2.45) is 17.6 Å². The second-order valence-electron chi connectivity index (χ2n) is 5.71. The Bertz CT molecular complexity index is 266. The Balaban J connectivity index is 1.72. The number of carbonyl (C=O) groups is 1. The molecule has 2 aliphatic rings. The number of ether oxygens (including phenoxy) is 1. The molecule has 1 amide bonds. The third-order valence-electron chi connectivity index (χ3n) is 3.06. The molecule has 1 aliphatic carbocycles. The van der Waals surface area contributed by atoms with Crippen LogP contribution in [0.15, 0.2) is 0 Å². The van der Waals surface area contributed by atoms with Gasteiger partial charge in [-0.3, -0.25) is 0 Å². The predicted molar refractivity (Wildman–Crippen MR) is 57.4 cm³/mol. The lowest BCUT2D eigenvalue weighted by Crippen LogP contribution is -2.52. The first kappa shape index (κ1) is 10.7. The molecule has 0 unspecified atom stereocenters. The average Bonchev–Trinajstić information content (AvgIpc) is 2.58. The third kappa shape index (κ3) is 2.43.